The summed E-state index contributed by atoms with van der Waals surface area (Å²) in [5.41, 5.74) is 2.22. The van der Waals surface area contributed by atoms with Gasteiger partial charge in [0, 0.05) is 14.9 Å². The number of imidazole rings is 1. The van der Waals surface area contributed by atoms with E-state index in [1.807, 2.05) is 42.5 Å². The van der Waals surface area contributed by atoms with Crippen LogP contribution in [0, 0.1) is 6.85 Å². The van der Waals surface area contributed by atoms with E-state index in [-0.39, 0.29) is 28.2 Å². The Bertz CT molecular complexity index is 2290. The lowest BCUT2D eigenvalue weighted by Crippen LogP contribution is -2.01. The summed E-state index contributed by atoms with van der Waals surface area (Å²) in [6, 6.07) is 18.5. The van der Waals surface area contributed by atoms with Gasteiger partial charge >= 0.3 is 0 Å². The van der Waals surface area contributed by atoms with Gasteiger partial charge in [-0.2, -0.15) is 0 Å². The molecule has 0 bridgehead atoms. The van der Waals surface area contributed by atoms with E-state index in [1.165, 1.54) is 0 Å². The lowest BCUT2D eigenvalue weighted by atomic mass is 9.88. The number of para-hydroxylation sites is 2. The van der Waals surface area contributed by atoms with Crippen molar-refractivity contribution >= 4 is 43.4 Å². The number of aromatic nitrogens is 2. The molecule has 0 aliphatic heterocycles. The van der Waals surface area contributed by atoms with Crippen LogP contribution in [0.5, 0.6) is 0 Å². The fourth-order valence-electron chi connectivity index (χ4n) is 4.87. The van der Waals surface area contributed by atoms with E-state index >= 15 is 0 Å². The van der Waals surface area contributed by atoms with Gasteiger partial charge in [0.25, 0.3) is 0 Å². The highest BCUT2D eigenvalue weighted by Gasteiger charge is 2.20. The van der Waals surface area contributed by atoms with E-state index in [1.54, 1.807) is 34.9 Å². The highest BCUT2D eigenvalue weighted by molar-refractivity contribution is 6.21. The van der Waals surface area contributed by atoms with Crippen LogP contribution in [0.4, 0.5) is 0 Å². The Labute approximate surface area is 211 Å². The smallest absolute Gasteiger partial charge is 0.111 e. The lowest BCUT2D eigenvalue weighted by molar-refractivity contribution is 1.02. The molecule has 7 aromatic rings. The Morgan fingerprint density at radius 2 is 1.32 bits per heavy atom. The Hall–Kier alpha value is -4.43. The molecule has 0 N–H and O–H groups in total. The van der Waals surface area contributed by atoms with E-state index in [9.17, 15) is 0 Å². The molecule has 0 aliphatic rings. The van der Waals surface area contributed by atoms with Crippen LogP contribution < -0.4 is 0 Å². The van der Waals surface area contributed by atoms with Gasteiger partial charge in [-0.05, 0) is 51.7 Å². The monoisotopic (exact) mass is 444 g/mol. The van der Waals surface area contributed by atoms with E-state index < -0.39 is 43.1 Å². The first kappa shape index (κ1) is 11.6. The first-order valence-corrected chi connectivity index (χ1v) is 10.9. The molecule has 0 saturated carbocycles. The highest BCUT2D eigenvalue weighted by Crippen LogP contribution is 2.43. The molecule has 160 valence electrons. The molecule has 0 atom stereocenters. The average Bonchev–Trinajstić information content (AvgIpc) is 3.41. The van der Waals surface area contributed by atoms with E-state index in [4.69, 9.17) is 13.7 Å². The molecule has 0 fully saturated rings. The molecule has 2 nitrogen and oxygen atoms in total. The van der Waals surface area contributed by atoms with Crippen LogP contribution in [-0.2, 0) is 0 Å². The molecule has 0 unspecified atom stereocenters. The maximum Gasteiger partial charge on any atom is 0.111 e. The third-order valence-electron chi connectivity index (χ3n) is 6.25. The molecule has 0 aliphatic carbocycles. The summed E-state index contributed by atoms with van der Waals surface area (Å²) >= 11 is 0. The summed E-state index contributed by atoms with van der Waals surface area (Å²) in [6.45, 7) is -2.56. The fraction of sp³-hybridized carbons (Fsp3) is 0.0312. The van der Waals surface area contributed by atoms with Crippen LogP contribution in [0.15, 0.2) is 115 Å². The largest absolute Gasteiger partial charge is 0.295 e. The number of benzene rings is 6. The van der Waals surface area contributed by atoms with Crippen molar-refractivity contribution in [1.82, 2.24) is 9.55 Å². The van der Waals surface area contributed by atoms with Gasteiger partial charge in [-0.3, -0.25) is 4.57 Å². The number of aryl methyl sites for hydroxylation is 1. The second-order valence-corrected chi connectivity index (χ2v) is 8.07. The molecular formula is C32H22N2. The van der Waals surface area contributed by atoms with Crippen molar-refractivity contribution in [3.8, 4) is 16.8 Å². The molecule has 0 radical (unpaired) electrons. The number of fused-ring (bicyclic) bond motifs is 4. The van der Waals surface area contributed by atoms with Gasteiger partial charge in [-0.15, -0.1) is 0 Å². The maximum absolute atomic E-state index is 9.06. The van der Waals surface area contributed by atoms with Crippen molar-refractivity contribution in [2.45, 2.75) is 6.85 Å². The predicted octanol–water partition coefficient (Wildman–Crippen LogP) is 8.46. The molecule has 7 rings (SSSR count). The molecular weight excluding hydrogens is 412 g/mol. The second-order valence-electron chi connectivity index (χ2n) is 8.07. The Morgan fingerprint density at radius 3 is 2.09 bits per heavy atom. The van der Waals surface area contributed by atoms with Gasteiger partial charge in [0.05, 0.1) is 26.3 Å². The van der Waals surface area contributed by atoms with Crippen molar-refractivity contribution in [2.24, 2.45) is 0 Å². The van der Waals surface area contributed by atoms with Crippen molar-refractivity contribution in [3.05, 3.63) is 121 Å². The van der Waals surface area contributed by atoms with E-state index in [0.717, 1.165) is 0 Å². The number of nitrogens with zero attached hydrogens (tertiary/aromatic N) is 2. The summed E-state index contributed by atoms with van der Waals surface area (Å²) in [7, 11) is 0. The van der Waals surface area contributed by atoms with Crippen molar-refractivity contribution in [1.29, 1.82) is 0 Å². The number of rotatable bonds is 2. The minimum Gasteiger partial charge on any atom is -0.295 e. The van der Waals surface area contributed by atoms with Crippen LogP contribution >= 0.6 is 0 Å². The lowest BCUT2D eigenvalue weighted by Gasteiger charge is -2.20. The zero-order valence-corrected chi connectivity index (χ0v) is 17.8. The zero-order valence-electron chi connectivity index (χ0n) is 27.8. The van der Waals surface area contributed by atoms with Gasteiger partial charge in [0.1, 0.15) is 5.82 Å². The second kappa shape index (κ2) is 7.29. The first-order chi connectivity index (χ1) is 20.9. The van der Waals surface area contributed by atoms with Gasteiger partial charge in [0.2, 0.25) is 0 Å². The predicted molar refractivity (Wildman–Crippen MR) is 144 cm³/mol. The van der Waals surface area contributed by atoms with Crippen LogP contribution in [0.25, 0.3) is 60.2 Å². The highest BCUT2D eigenvalue weighted by atomic mass is 15.1. The van der Waals surface area contributed by atoms with Crippen molar-refractivity contribution in [2.75, 3.05) is 0 Å². The van der Waals surface area contributed by atoms with Crippen LogP contribution in [0.3, 0.4) is 0 Å². The van der Waals surface area contributed by atoms with Crippen LogP contribution in [0.1, 0.15) is 19.5 Å². The molecule has 34 heavy (non-hydrogen) atoms. The summed E-state index contributed by atoms with van der Waals surface area (Å²) in [4.78, 5) is 4.51. The summed E-state index contributed by atoms with van der Waals surface area (Å²) in [5.74, 6) is -0.116. The molecule has 6 aromatic carbocycles. The normalized spacial score (nSPS) is 16.2. The Kier molecular flexibility index (Phi) is 2.49. The molecule has 2 heteroatoms. The zero-order chi connectivity index (χ0) is 31.2. The topological polar surface area (TPSA) is 17.8 Å². The molecule has 0 saturated heterocycles. The third-order valence-corrected chi connectivity index (χ3v) is 6.25. The quantitative estimate of drug-likeness (QED) is 0.245. The van der Waals surface area contributed by atoms with Gasteiger partial charge < -0.3 is 0 Å². The summed E-state index contributed by atoms with van der Waals surface area (Å²) < 4.78 is 87.1. The molecule has 1 heterocycles. The molecule has 1 aromatic heterocycles. The van der Waals surface area contributed by atoms with E-state index in [0.29, 0.717) is 43.8 Å². The Morgan fingerprint density at radius 1 is 0.676 bits per heavy atom. The van der Waals surface area contributed by atoms with Gasteiger partial charge in [-0.25, -0.2) is 4.98 Å². The van der Waals surface area contributed by atoms with Crippen LogP contribution in [0.2, 0.25) is 0 Å². The average molecular weight is 445 g/mol. The van der Waals surface area contributed by atoms with Crippen molar-refractivity contribution < 1.29 is 13.7 Å². The standard InChI is InChI=1S/C32H22N2/c1-21-33-29-19-8-9-20-30(29)34(21)32-27-16-6-4-14-25(27)31(26-15-5-7-17-28(26)32)24-18-10-12-22-11-2-3-13-23(22)24/h2-20H,1H3/i1D3,2D,3D,10D,11D,12D,13D,18D. The fourth-order valence-corrected chi connectivity index (χ4v) is 4.87. The number of hydrogen-bond acceptors (Lipinski definition) is 1. The molecule has 0 spiro atoms. The number of hydrogen-bond donors (Lipinski definition) is 0. The minimum atomic E-state index is -2.56. The SMILES string of the molecule is [2H]c1c([2H])c([2H])c2c(-c3c4ccccc4c(-n4c(C([2H])([2H])[2H])nc5ccccc54)c4ccccc34)c([2H])c([2H])c([2H])c2c1[2H]. The summed E-state index contributed by atoms with van der Waals surface area (Å²) in [5, 5.41) is 2.25. The first-order valence-electron chi connectivity index (χ1n) is 15.9. The Balaban J connectivity index is 1.77. The maximum atomic E-state index is 9.06. The van der Waals surface area contributed by atoms with Gasteiger partial charge in [-0.1, -0.05) is 103 Å². The van der Waals surface area contributed by atoms with Gasteiger partial charge in [0.15, 0.2) is 0 Å². The van der Waals surface area contributed by atoms with Crippen LogP contribution in [-0.4, -0.2) is 9.55 Å². The summed E-state index contributed by atoms with van der Waals surface area (Å²) in [6.07, 6.45) is 0. The molecule has 0 amide bonds. The van der Waals surface area contributed by atoms with E-state index in [2.05, 4.69) is 4.98 Å². The van der Waals surface area contributed by atoms with Crippen molar-refractivity contribution in [3.63, 3.8) is 0 Å². The minimum absolute atomic E-state index is 0.0127. The third kappa shape index (κ3) is 2.66.